The number of fused-ring (bicyclic) bond motifs is 14. The number of thiophene rings is 2. The average Bonchev–Trinajstić information content (AvgIpc) is 4.04. The Labute approximate surface area is 339 Å². The zero-order chi connectivity index (χ0) is 37.9. The van der Waals surface area contributed by atoms with Crippen LogP contribution in [-0.2, 0) is 0 Å². The van der Waals surface area contributed by atoms with E-state index in [-0.39, 0.29) is 0 Å². The van der Waals surface area contributed by atoms with Crippen LogP contribution < -0.4 is 0 Å². The minimum atomic E-state index is 0.581. The Bertz CT molecular complexity index is 3590. The van der Waals surface area contributed by atoms with Crippen molar-refractivity contribution in [2.24, 2.45) is 0 Å². The van der Waals surface area contributed by atoms with Crippen molar-refractivity contribution < 1.29 is 0 Å². The highest BCUT2D eigenvalue weighted by atomic mass is 32.1. The number of hydrogen-bond donors (Lipinski definition) is 0. The van der Waals surface area contributed by atoms with Gasteiger partial charge in [0, 0.05) is 58.1 Å². The molecule has 0 bridgehead atoms. The lowest BCUT2D eigenvalue weighted by Crippen LogP contribution is -2.10. The number of hydrogen-bond acceptors (Lipinski definition) is 5. The predicted octanol–water partition coefficient (Wildman–Crippen LogP) is 14.1. The summed E-state index contributed by atoms with van der Waals surface area (Å²) in [6.45, 7) is 0. The molecule has 0 saturated heterocycles. The van der Waals surface area contributed by atoms with Gasteiger partial charge in [-0.2, -0.15) is 15.0 Å². The summed E-state index contributed by atoms with van der Waals surface area (Å²) < 4.78 is 9.50. The molecule has 7 heteroatoms. The summed E-state index contributed by atoms with van der Waals surface area (Å²) in [7, 11) is 0. The second kappa shape index (κ2) is 12.2. The number of para-hydroxylation sites is 2. The summed E-state index contributed by atoms with van der Waals surface area (Å²) in [6.07, 6.45) is 0. The van der Waals surface area contributed by atoms with Gasteiger partial charge in [0.25, 0.3) is 0 Å². The SMILES string of the molecule is c1ccc(-c2ccc(-c3nc(-n4c5ccccc5c5ccc6c7ccccc7sc6c54)nc(-n4c5ccccc5c5ccc6c7ccccc7sc6c54)n3)cc2)cc1. The Morgan fingerprint density at radius 1 is 0.310 bits per heavy atom. The fourth-order valence-electron chi connectivity index (χ4n) is 9.00. The van der Waals surface area contributed by atoms with Crippen molar-refractivity contribution in [2.75, 3.05) is 0 Å². The summed E-state index contributed by atoms with van der Waals surface area (Å²) in [5.74, 6) is 1.78. The van der Waals surface area contributed by atoms with Crippen molar-refractivity contribution in [1.82, 2.24) is 24.1 Å². The maximum absolute atomic E-state index is 5.54. The molecule has 8 aromatic carbocycles. The lowest BCUT2D eigenvalue weighted by Gasteiger charge is -2.13. The summed E-state index contributed by atoms with van der Waals surface area (Å²) in [5.41, 5.74) is 7.56. The highest BCUT2D eigenvalue weighted by Gasteiger charge is 2.24. The minimum Gasteiger partial charge on any atom is -0.276 e. The van der Waals surface area contributed by atoms with Gasteiger partial charge in [0.2, 0.25) is 11.9 Å². The molecule has 0 unspecified atom stereocenters. The van der Waals surface area contributed by atoms with Gasteiger partial charge in [-0.3, -0.25) is 9.13 Å². The quantitative estimate of drug-likeness (QED) is 0.179. The molecule has 0 fully saturated rings. The first-order valence-corrected chi connectivity index (χ1v) is 21.0. The summed E-state index contributed by atoms with van der Waals surface area (Å²) in [4.78, 5) is 16.4. The van der Waals surface area contributed by atoms with Gasteiger partial charge in [-0.1, -0.05) is 152 Å². The van der Waals surface area contributed by atoms with Crippen molar-refractivity contribution in [3.63, 3.8) is 0 Å². The zero-order valence-corrected chi connectivity index (χ0v) is 32.4. The van der Waals surface area contributed by atoms with Crippen molar-refractivity contribution in [1.29, 1.82) is 0 Å². The predicted molar refractivity (Wildman–Crippen MR) is 245 cm³/mol. The van der Waals surface area contributed by atoms with Gasteiger partial charge in [0.05, 0.1) is 31.5 Å². The van der Waals surface area contributed by atoms with Gasteiger partial charge in [-0.25, -0.2) is 0 Å². The lowest BCUT2D eigenvalue weighted by atomic mass is 10.0. The van der Waals surface area contributed by atoms with E-state index >= 15 is 0 Å². The lowest BCUT2D eigenvalue weighted by molar-refractivity contribution is 0.895. The molecule has 5 nitrogen and oxygen atoms in total. The first-order valence-electron chi connectivity index (χ1n) is 19.4. The molecule has 0 aliphatic rings. The van der Waals surface area contributed by atoms with Crippen LogP contribution in [0, 0.1) is 0 Å². The van der Waals surface area contributed by atoms with Crippen LogP contribution in [0.25, 0.3) is 118 Å². The third-order valence-corrected chi connectivity index (χ3v) is 14.0. The van der Waals surface area contributed by atoms with E-state index in [1.807, 2.05) is 28.7 Å². The highest BCUT2D eigenvalue weighted by Crippen LogP contribution is 2.45. The number of aromatic nitrogens is 5. The molecule has 5 heterocycles. The van der Waals surface area contributed by atoms with E-state index in [0.717, 1.165) is 44.0 Å². The molecule has 13 rings (SSSR count). The Morgan fingerprint density at radius 2 is 0.724 bits per heavy atom. The number of nitrogens with zero attached hydrogens (tertiary/aromatic N) is 5. The van der Waals surface area contributed by atoms with Crippen LogP contribution in [0.5, 0.6) is 0 Å². The second-order valence-corrected chi connectivity index (χ2v) is 16.9. The summed E-state index contributed by atoms with van der Waals surface area (Å²) in [6, 6.07) is 62.8. The first-order chi connectivity index (χ1) is 28.8. The highest BCUT2D eigenvalue weighted by molar-refractivity contribution is 7.27. The Kier molecular flexibility index (Phi) is 6.70. The molecular weight excluding hydrogens is 747 g/mol. The van der Waals surface area contributed by atoms with Crippen LogP contribution in [0.4, 0.5) is 0 Å². The topological polar surface area (TPSA) is 48.5 Å². The largest absolute Gasteiger partial charge is 0.276 e. The van der Waals surface area contributed by atoms with Crippen LogP contribution in [-0.4, -0.2) is 24.1 Å². The molecule has 5 aromatic heterocycles. The number of rotatable bonds is 4. The maximum Gasteiger partial charge on any atom is 0.240 e. The zero-order valence-electron chi connectivity index (χ0n) is 30.8. The second-order valence-electron chi connectivity index (χ2n) is 14.8. The molecule has 0 radical (unpaired) electrons. The molecule has 0 saturated carbocycles. The summed E-state index contributed by atoms with van der Waals surface area (Å²) in [5, 5.41) is 9.66. The monoisotopic (exact) mass is 775 g/mol. The van der Waals surface area contributed by atoms with Crippen molar-refractivity contribution in [3.05, 3.63) is 176 Å². The standard InChI is InChI=1S/C51H29N5S2/c1-2-12-30(13-3-1)31-22-24-32(25-23-31)49-52-50(55-41-18-8-4-14-33(41)37-26-28-39-35-16-6-10-20-43(35)57-47(39)45(37)55)54-51(53-49)56-42-19-9-5-15-34(42)38-27-29-40-36-17-7-11-21-44(36)58-48(40)46(38)56/h1-29H. The van der Waals surface area contributed by atoms with Gasteiger partial charge in [0.15, 0.2) is 5.82 Å². The molecule has 0 aliphatic heterocycles. The molecule has 270 valence electrons. The van der Waals surface area contributed by atoms with E-state index in [0.29, 0.717) is 17.7 Å². The van der Waals surface area contributed by atoms with Crippen LogP contribution in [0.3, 0.4) is 0 Å². The third-order valence-electron chi connectivity index (χ3n) is 11.6. The summed E-state index contributed by atoms with van der Waals surface area (Å²) >= 11 is 3.66. The first kappa shape index (κ1) is 32.0. The Balaban J connectivity index is 1.16. The van der Waals surface area contributed by atoms with E-state index in [1.165, 1.54) is 56.7 Å². The smallest absolute Gasteiger partial charge is 0.240 e. The van der Waals surface area contributed by atoms with Crippen LogP contribution in [0.2, 0.25) is 0 Å². The molecule has 0 amide bonds. The van der Waals surface area contributed by atoms with Crippen LogP contribution >= 0.6 is 22.7 Å². The van der Waals surface area contributed by atoms with Crippen LogP contribution in [0.15, 0.2) is 176 Å². The van der Waals surface area contributed by atoms with Gasteiger partial charge < -0.3 is 0 Å². The van der Waals surface area contributed by atoms with Crippen molar-refractivity contribution >= 4 is 107 Å². The van der Waals surface area contributed by atoms with Gasteiger partial charge in [-0.05, 0) is 35.4 Å². The minimum absolute atomic E-state index is 0.581. The van der Waals surface area contributed by atoms with Gasteiger partial charge in [-0.15, -0.1) is 22.7 Å². The van der Waals surface area contributed by atoms with E-state index in [2.05, 4.69) is 179 Å². The Hall–Kier alpha value is -7.19. The third kappa shape index (κ3) is 4.54. The maximum atomic E-state index is 5.54. The number of benzene rings is 8. The van der Waals surface area contributed by atoms with E-state index < -0.39 is 0 Å². The van der Waals surface area contributed by atoms with Gasteiger partial charge >= 0.3 is 0 Å². The molecular formula is C51H29N5S2. The van der Waals surface area contributed by atoms with E-state index in [4.69, 9.17) is 15.0 Å². The molecule has 13 aromatic rings. The van der Waals surface area contributed by atoms with E-state index in [9.17, 15) is 0 Å². The van der Waals surface area contributed by atoms with E-state index in [1.54, 1.807) is 0 Å². The molecule has 58 heavy (non-hydrogen) atoms. The molecule has 0 spiro atoms. The van der Waals surface area contributed by atoms with Crippen molar-refractivity contribution in [2.45, 2.75) is 0 Å². The Morgan fingerprint density at radius 3 is 1.26 bits per heavy atom. The molecule has 0 atom stereocenters. The normalized spacial score (nSPS) is 12.1. The average molecular weight is 776 g/mol. The fourth-order valence-corrected chi connectivity index (χ4v) is 11.5. The van der Waals surface area contributed by atoms with Gasteiger partial charge in [0.1, 0.15) is 0 Å². The molecule has 0 aliphatic carbocycles. The van der Waals surface area contributed by atoms with Crippen molar-refractivity contribution in [3.8, 4) is 34.4 Å². The molecule has 0 N–H and O–H groups in total. The fraction of sp³-hybridized carbons (Fsp3) is 0. The van der Waals surface area contributed by atoms with Crippen LogP contribution in [0.1, 0.15) is 0 Å².